The topological polar surface area (TPSA) is 61.2 Å². The van der Waals surface area contributed by atoms with Crippen LogP contribution in [0.2, 0.25) is 5.02 Å². The summed E-state index contributed by atoms with van der Waals surface area (Å²) in [4.78, 5) is 4.22. The van der Waals surface area contributed by atoms with Crippen molar-refractivity contribution in [2.24, 2.45) is 0 Å². The summed E-state index contributed by atoms with van der Waals surface area (Å²) < 4.78 is 37.6. The number of halogens is 3. The first kappa shape index (κ1) is 19.2. The van der Waals surface area contributed by atoms with Crippen molar-refractivity contribution in [1.29, 1.82) is 0 Å². The predicted octanol–water partition coefficient (Wildman–Crippen LogP) is 4.99. The second kappa shape index (κ2) is 8.08. The number of hydrogen-bond donors (Lipinski definition) is 1. The van der Waals surface area contributed by atoms with E-state index in [2.05, 4.69) is 15.4 Å². The average molecular weight is 419 g/mol. The SMILES string of the molecule is CCOc1ccc(C2=C[C@@H](c3ccccc3OC(F)F)n3ncnc3N2)cc1Cl. The molecule has 1 atom stereocenters. The molecule has 0 unspecified atom stereocenters. The Hall–Kier alpha value is -3.13. The molecule has 1 aromatic heterocycles. The zero-order valence-corrected chi connectivity index (χ0v) is 16.1. The molecule has 0 saturated carbocycles. The van der Waals surface area contributed by atoms with Crippen LogP contribution in [-0.4, -0.2) is 28.0 Å². The molecule has 6 nitrogen and oxygen atoms in total. The van der Waals surface area contributed by atoms with E-state index in [0.717, 1.165) is 5.56 Å². The van der Waals surface area contributed by atoms with Gasteiger partial charge in [0.2, 0.25) is 5.95 Å². The number of nitrogens with one attached hydrogen (secondary N) is 1. The maximum absolute atomic E-state index is 12.9. The Balaban J connectivity index is 1.77. The van der Waals surface area contributed by atoms with E-state index in [1.807, 2.05) is 19.1 Å². The lowest BCUT2D eigenvalue weighted by Crippen LogP contribution is -2.21. The molecular formula is C20H17ClF2N4O2. The van der Waals surface area contributed by atoms with Gasteiger partial charge in [-0.05, 0) is 42.8 Å². The number of anilines is 1. The molecule has 0 spiro atoms. The number of benzene rings is 2. The van der Waals surface area contributed by atoms with Gasteiger partial charge in [0.15, 0.2) is 0 Å². The minimum absolute atomic E-state index is 0.0798. The summed E-state index contributed by atoms with van der Waals surface area (Å²) >= 11 is 6.33. The van der Waals surface area contributed by atoms with Crippen LogP contribution in [0.3, 0.4) is 0 Å². The van der Waals surface area contributed by atoms with Gasteiger partial charge >= 0.3 is 6.61 Å². The van der Waals surface area contributed by atoms with E-state index in [9.17, 15) is 8.78 Å². The first-order chi connectivity index (χ1) is 14.1. The Kier molecular flexibility index (Phi) is 5.35. The molecule has 150 valence electrons. The normalized spacial score (nSPS) is 15.5. The summed E-state index contributed by atoms with van der Waals surface area (Å²) in [6, 6.07) is 11.5. The number of aromatic nitrogens is 3. The lowest BCUT2D eigenvalue weighted by Gasteiger charge is -2.26. The van der Waals surface area contributed by atoms with Gasteiger partial charge in [0, 0.05) is 11.3 Å². The number of rotatable bonds is 6. The van der Waals surface area contributed by atoms with Crippen LogP contribution in [0.5, 0.6) is 11.5 Å². The number of allylic oxidation sites excluding steroid dienone is 1. The third kappa shape index (κ3) is 3.88. The Morgan fingerprint density at radius 3 is 2.79 bits per heavy atom. The Morgan fingerprint density at radius 1 is 1.21 bits per heavy atom. The van der Waals surface area contributed by atoms with Crippen molar-refractivity contribution in [3.8, 4) is 11.5 Å². The fourth-order valence-electron chi connectivity index (χ4n) is 3.19. The molecule has 9 heteroatoms. The van der Waals surface area contributed by atoms with Gasteiger partial charge in [-0.25, -0.2) is 4.68 Å². The third-order valence-electron chi connectivity index (χ3n) is 4.40. The number of nitrogens with zero attached hydrogens (tertiary/aromatic N) is 3. The zero-order valence-electron chi connectivity index (χ0n) is 15.3. The summed E-state index contributed by atoms with van der Waals surface area (Å²) in [5.41, 5.74) is 2.05. The highest BCUT2D eigenvalue weighted by molar-refractivity contribution is 6.32. The lowest BCUT2D eigenvalue weighted by atomic mass is 10.0. The Bertz CT molecular complexity index is 1050. The second-order valence-corrected chi connectivity index (χ2v) is 6.58. The van der Waals surface area contributed by atoms with Crippen LogP contribution in [0.4, 0.5) is 14.7 Å². The van der Waals surface area contributed by atoms with E-state index >= 15 is 0 Å². The number of para-hydroxylation sites is 1. The summed E-state index contributed by atoms with van der Waals surface area (Å²) in [5, 5.41) is 7.89. The van der Waals surface area contributed by atoms with E-state index < -0.39 is 12.7 Å². The molecule has 2 heterocycles. The van der Waals surface area contributed by atoms with Crippen molar-refractivity contribution < 1.29 is 18.3 Å². The van der Waals surface area contributed by atoms with Gasteiger partial charge in [-0.15, -0.1) is 0 Å². The van der Waals surface area contributed by atoms with Crippen LogP contribution in [0.1, 0.15) is 24.1 Å². The molecule has 1 aliphatic heterocycles. The fourth-order valence-corrected chi connectivity index (χ4v) is 3.43. The van der Waals surface area contributed by atoms with Gasteiger partial charge in [-0.1, -0.05) is 29.8 Å². The molecule has 0 bridgehead atoms. The molecule has 29 heavy (non-hydrogen) atoms. The molecule has 2 aromatic carbocycles. The molecule has 3 aromatic rings. The molecule has 0 amide bonds. The first-order valence-electron chi connectivity index (χ1n) is 8.91. The van der Waals surface area contributed by atoms with Gasteiger partial charge in [0.25, 0.3) is 0 Å². The number of ether oxygens (including phenoxy) is 2. The van der Waals surface area contributed by atoms with E-state index in [-0.39, 0.29) is 5.75 Å². The van der Waals surface area contributed by atoms with Crippen molar-refractivity contribution in [2.45, 2.75) is 19.6 Å². The maximum Gasteiger partial charge on any atom is 0.387 e. The quantitative estimate of drug-likeness (QED) is 0.611. The second-order valence-electron chi connectivity index (χ2n) is 6.17. The first-order valence-corrected chi connectivity index (χ1v) is 9.29. The van der Waals surface area contributed by atoms with Crippen molar-refractivity contribution in [1.82, 2.24) is 14.8 Å². The molecule has 0 fully saturated rings. The van der Waals surface area contributed by atoms with Crippen molar-refractivity contribution >= 4 is 23.2 Å². The van der Waals surface area contributed by atoms with E-state index in [0.29, 0.717) is 34.6 Å². The maximum atomic E-state index is 12.9. The molecular weight excluding hydrogens is 402 g/mol. The van der Waals surface area contributed by atoms with E-state index in [4.69, 9.17) is 21.1 Å². The molecule has 0 aliphatic carbocycles. The van der Waals surface area contributed by atoms with E-state index in [1.54, 1.807) is 35.0 Å². The van der Waals surface area contributed by atoms with Gasteiger partial charge in [-0.2, -0.15) is 18.9 Å². The number of fused-ring (bicyclic) bond motifs is 1. The Morgan fingerprint density at radius 2 is 2.03 bits per heavy atom. The van der Waals surface area contributed by atoms with Crippen LogP contribution in [0, 0.1) is 0 Å². The van der Waals surface area contributed by atoms with Crippen LogP contribution >= 0.6 is 11.6 Å². The summed E-state index contributed by atoms with van der Waals surface area (Å²) in [7, 11) is 0. The minimum Gasteiger partial charge on any atom is -0.492 e. The summed E-state index contributed by atoms with van der Waals surface area (Å²) in [6.07, 6.45) is 3.26. The van der Waals surface area contributed by atoms with Gasteiger partial charge in [-0.3, -0.25) is 0 Å². The van der Waals surface area contributed by atoms with Gasteiger partial charge in [0.05, 0.1) is 11.6 Å². The highest BCUT2D eigenvalue weighted by Crippen LogP contribution is 2.37. The van der Waals surface area contributed by atoms with Crippen LogP contribution in [0.25, 0.3) is 5.70 Å². The van der Waals surface area contributed by atoms with Crippen molar-refractivity contribution in [2.75, 3.05) is 11.9 Å². The lowest BCUT2D eigenvalue weighted by molar-refractivity contribution is -0.0506. The zero-order chi connectivity index (χ0) is 20.4. The summed E-state index contributed by atoms with van der Waals surface area (Å²) in [5.74, 6) is 1.14. The molecule has 1 N–H and O–H groups in total. The highest BCUT2D eigenvalue weighted by atomic mass is 35.5. The number of alkyl halides is 2. The smallest absolute Gasteiger partial charge is 0.387 e. The van der Waals surface area contributed by atoms with Crippen LogP contribution in [0.15, 0.2) is 54.9 Å². The summed E-state index contributed by atoms with van der Waals surface area (Å²) in [6.45, 7) is -0.542. The average Bonchev–Trinajstić information content (AvgIpc) is 3.18. The monoisotopic (exact) mass is 418 g/mol. The van der Waals surface area contributed by atoms with Crippen molar-refractivity contribution in [3.63, 3.8) is 0 Å². The van der Waals surface area contributed by atoms with Gasteiger partial charge in [0.1, 0.15) is 23.9 Å². The minimum atomic E-state index is -2.93. The standard InChI is InChI=1S/C20H17ClF2N4O2/c1-2-28-18-8-7-12(9-14(18)21)15-10-16(27-20(26-15)24-11-25-27)13-5-3-4-6-17(13)29-19(22)23/h3-11,16,19H,2H2,1H3,(H,24,25,26)/t16-/m0/s1. The molecule has 4 rings (SSSR count). The third-order valence-corrected chi connectivity index (χ3v) is 4.70. The molecule has 0 saturated heterocycles. The van der Waals surface area contributed by atoms with Crippen molar-refractivity contribution in [3.05, 3.63) is 71.0 Å². The van der Waals surface area contributed by atoms with E-state index in [1.165, 1.54) is 12.4 Å². The van der Waals surface area contributed by atoms with Gasteiger partial charge < -0.3 is 14.8 Å². The van der Waals surface area contributed by atoms with Crippen LogP contribution in [-0.2, 0) is 0 Å². The fraction of sp³-hybridized carbons (Fsp3) is 0.200. The Labute approximate surface area is 170 Å². The largest absolute Gasteiger partial charge is 0.492 e. The van der Waals surface area contributed by atoms with Crippen LogP contribution < -0.4 is 14.8 Å². The number of hydrogen-bond acceptors (Lipinski definition) is 5. The molecule has 1 aliphatic rings. The molecule has 0 radical (unpaired) electrons. The predicted molar refractivity (Wildman–Crippen MR) is 105 cm³/mol. The highest BCUT2D eigenvalue weighted by Gasteiger charge is 2.26.